The van der Waals surface area contributed by atoms with Crippen molar-refractivity contribution in [2.24, 2.45) is 23.7 Å². The molecule has 2 aromatic rings. The summed E-state index contributed by atoms with van der Waals surface area (Å²) in [6, 6.07) is 11.4. The fourth-order valence-electron chi connectivity index (χ4n) is 7.00. The number of nitrogens with one attached hydrogen (secondary N) is 2. The molecule has 5 heteroatoms. The second-order valence-corrected chi connectivity index (χ2v) is 11.0. The lowest BCUT2D eigenvalue weighted by Crippen LogP contribution is -2.49. The highest BCUT2D eigenvalue weighted by Crippen LogP contribution is 2.60. The maximum absolute atomic E-state index is 13.0. The maximum atomic E-state index is 13.0. The first kappa shape index (κ1) is 22.1. The Bertz CT molecular complexity index is 964. The molecule has 1 aromatic heterocycles. The quantitative estimate of drug-likeness (QED) is 0.653. The predicted octanol–water partition coefficient (Wildman–Crippen LogP) is 4.62. The largest absolute Gasteiger partial charge is 0.350 e. The summed E-state index contributed by atoms with van der Waals surface area (Å²) in [7, 11) is 0. The summed E-state index contributed by atoms with van der Waals surface area (Å²) in [5.74, 6) is 2.31. The van der Waals surface area contributed by atoms with Gasteiger partial charge in [-0.15, -0.1) is 0 Å². The zero-order valence-electron chi connectivity index (χ0n) is 19.7. The number of hydrogen-bond acceptors (Lipinski definition) is 3. The van der Waals surface area contributed by atoms with E-state index in [1.807, 2.05) is 38.1 Å². The number of amides is 2. The van der Waals surface area contributed by atoms with E-state index in [-0.39, 0.29) is 17.7 Å². The highest BCUT2D eigenvalue weighted by atomic mass is 16.2. The lowest BCUT2D eigenvalue weighted by atomic mass is 9.48. The maximum Gasteiger partial charge on any atom is 0.251 e. The van der Waals surface area contributed by atoms with Crippen molar-refractivity contribution >= 4 is 11.8 Å². The van der Waals surface area contributed by atoms with Crippen LogP contribution in [0.15, 0.2) is 48.8 Å². The Morgan fingerprint density at radius 1 is 1.00 bits per heavy atom. The zero-order valence-corrected chi connectivity index (χ0v) is 19.7. The van der Waals surface area contributed by atoms with Gasteiger partial charge in [-0.1, -0.05) is 32.0 Å². The van der Waals surface area contributed by atoms with E-state index >= 15 is 0 Å². The van der Waals surface area contributed by atoms with Crippen molar-refractivity contribution in [2.45, 2.75) is 70.4 Å². The number of benzene rings is 1. The van der Waals surface area contributed by atoms with E-state index in [0.717, 1.165) is 23.3 Å². The van der Waals surface area contributed by atoms with E-state index in [4.69, 9.17) is 0 Å². The van der Waals surface area contributed by atoms with Gasteiger partial charge >= 0.3 is 0 Å². The molecule has 174 valence electrons. The number of carbonyl (C=O) groups excluding carboxylic acids is 2. The van der Waals surface area contributed by atoms with E-state index in [0.29, 0.717) is 17.5 Å². The topological polar surface area (TPSA) is 71.1 Å². The van der Waals surface area contributed by atoms with Gasteiger partial charge in [0.1, 0.15) is 6.04 Å². The van der Waals surface area contributed by atoms with Crippen LogP contribution in [0.25, 0.3) is 0 Å². The summed E-state index contributed by atoms with van der Waals surface area (Å²) < 4.78 is 0. The highest BCUT2D eigenvalue weighted by molar-refractivity contribution is 5.97. The lowest BCUT2D eigenvalue weighted by molar-refractivity contribution is -0.124. The summed E-state index contributed by atoms with van der Waals surface area (Å²) in [5, 5.41) is 5.88. The molecule has 4 bridgehead atoms. The molecule has 4 aliphatic rings. The van der Waals surface area contributed by atoms with Gasteiger partial charge in [0.2, 0.25) is 5.91 Å². The Balaban J connectivity index is 1.23. The number of pyridine rings is 1. The summed E-state index contributed by atoms with van der Waals surface area (Å²) in [5.41, 5.74) is 3.29. The van der Waals surface area contributed by atoms with Crippen molar-refractivity contribution < 1.29 is 9.59 Å². The minimum atomic E-state index is -0.586. The molecule has 4 saturated carbocycles. The van der Waals surface area contributed by atoms with Crippen molar-refractivity contribution in [1.82, 2.24) is 15.6 Å². The van der Waals surface area contributed by atoms with Crippen molar-refractivity contribution in [3.63, 3.8) is 0 Å². The lowest BCUT2D eigenvalue weighted by Gasteiger charge is -2.57. The van der Waals surface area contributed by atoms with Crippen LogP contribution >= 0.6 is 0 Å². The average molecular weight is 446 g/mol. The standard InChI is InChI=1S/C28H35N3O2/c1-18(2)25(27(33)30-17-19-4-3-9-29-16-19)31-26(32)23-5-7-24(8-6-23)28-13-20-10-21(14-28)12-22(11-20)15-28/h3-9,16,18,20-22,25H,10-15,17H2,1-2H3,(H,30,33)(H,31,32)/t20?,21?,22?,25-,28?/m0/s1. The normalized spacial score (nSPS) is 28.5. The molecule has 0 saturated heterocycles. The molecule has 4 fully saturated rings. The molecule has 4 aliphatic carbocycles. The molecular weight excluding hydrogens is 410 g/mol. The molecule has 0 aliphatic heterocycles. The van der Waals surface area contributed by atoms with Gasteiger partial charge in [-0.2, -0.15) is 0 Å². The molecule has 0 unspecified atom stereocenters. The monoisotopic (exact) mass is 445 g/mol. The number of hydrogen-bond donors (Lipinski definition) is 2. The van der Waals surface area contributed by atoms with Crippen LogP contribution in [0.4, 0.5) is 0 Å². The highest BCUT2D eigenvalue weighted by Gasteiger charge is 2.51. The number of nitrogens with zero attached hydrogens (tertiary/aromatic N) is 1. The number of rotatable bonds is 7. The fraction of sp³-hybridized carbons (Fsp3) is 0.536. The zero-order chi connectivity index (χ0) is 23.0. The molecule has 1 aromatic carbocycles. The third-order valence-electron chi connectivity index (χ3n) is 8.22. The van der Waals surface area contributed by atoms with Crippen LogP contribution in [0.2, 0.25) is 0 Å². The van der Waals surface area contributed by atoms with Gasteiger partial charge in [0.15, 0.2) is 0 Å². The Morgan fingerprint density at radius 3 is 2.18 bits per heavy atom. The number of carbonyl (C=O) groups is 2. The van der Waals surface area contributed by atoms with Gasteiger partial charge in [0.05, 0.1) is 0 Å². The molecular formula is C28H35N3O2. The third-order valence-corrected chi connectivity index (χ3v) is 8.22. The summed E-state index contributed by atoms with van der Waals surface area (Å²) in [6.45, 7) is 4.29. The van der Waals surface area contributed by atoms with Gasteiger partial charge in [-0.3, -0.25) is 14.6 Å². The van der Waals surface area contributed by atoms with Crippen molar-refractivity contribution in [1.29, 1.82) is 0 Å². The van der Waals surface area contributed by atoms with Crippen LogP contribution in [-0.2, 0) is 16.8 Å². The first-order valence-electron chi connectivity index (χ1n) is 12.5. The van der Waals surface area contributed by atoms with E-state index < -0.39 is 6.04 Å². The molecule has 2 N–H and O–H groups in total. The average Bonchev–Trinajstić information content (AvgIpc) is 2.80. The Labute approximate surface area is 196 Å². The first-order valence-corrected chi connectivity index (χ1v) is 12.5. The van der Waals surface area contributed by atoms with Crippen LogP contribution < -0.4 is 10.6 Å². The van der Waals surface area contributed by atoms with Crippen molar-refractivity contribution in [3.8, 4) is 0 Å². The molecule has 5 nitrogen and oxygen atoms in total. The summed E-state index contributed by atoms with van der Waals surface area (Å²) in [6.07, 6.45) is 11.7. The summed E-state index contributed by atoms with van der Waals surface area (Å²) in [4.78, 5) is 29.9. The smallest absolute Gasteiger partial charge is 0.251 e. The van der Waals surface area contributed by atoms with Gasteiger partial charge in [-0.25, -0.2) is 0 Å². The first-order chi connectivity index (χ1) is 15.9. The third kappa shape index (κ3) is 4.55. The fourth-order valence-corrected chi connectivity index (χ4v) is 7.00. The van der Waals surface area contributed by atoms with Gasteiger partial charge in [0, 0.05) is 24.5 Å². The molecule has 1 heterocycles. The van der Waals surface area contributed by atoms with Crippen LogP contribution in [0.5, 0.6) is 0 Å². The second-order valence-electron chi connectivity index (χ2n) is 11.0. The van der Waals surface area contributed by atoms with Crippen LogP contribution in [0, 0.1) is 23.7 Å². The molecule has 0 spiro atoms. The van der Waals surface area contributed by atoms with Gasteiger partial charge < -0.3 is 10.6 Å². The summed E-state index contributed by atoms with van der Waals surface area (Å²) >= 11 is 0. The number of aromatic nitrogens is 1. The Hall–Kier alpha value is -2.69. The van der Waals surface area contributed by atoms with Gasteiger partial charge in [-0.05, 0) is 96.9 Å². The Kier molecular flexibility index (Phi) is 5.98. The van der Waals surface area contributed by atoms with E-state index in [1.54, 1.807) is 12.4 Å². The Morgan fingerprint density at radius 2 is 1.64 bits per heavy atom. The van der Waals surface area contributed by atoms with E-state index in [2.05, 4.69) is 27.8 Å². The van der Waals surface area contributed by atoms with Gasteiger partial charge in [0.25, 0.3) is 5.91 Å². The van der Waals surface area contributed by atoms with Crippen LogP contribution in [0.3, 0.4) is 0 Å². The molecule has 0 radical (unpaired) electrons. The van der Waals surface area contributed by atoms with Crippen LogP contribution in [0.1, 0.15) is 73.9 Å². The van der Waals surface area contributed by atoms with Crippen molar-refractivity contribution in [2.75, 3.05) is 0 Å². The molecule has 6 rings (SSSR count). The van der Waals surface area contributed by atoms with E-state index in [9.17, 15) is 9.59 Å². The van der Waals surface area contributed by atoms with Crippen LogP contribution in [-0.4, -0.2) is 22.8 Å². The second kappa shape index (κ2) is 8.92. The van der Waals surface area contributed by atoms with Crippen molar-refractivity contribution in [3.05, 3.63) is 65.5 Å². The molecule has 1 atom stereocenters. The minimum absolute atomic E-state index is 0.0193. The SMILES string of the molecule is CC(C)[C@H](NC(=O)c1ccc(C23CC4CC(CC(C4)C2)C3)cc1)C(=O)NCc1cccnc1. The predicted molar refractivity (Wildman–Crippen MR) is 128 cm³/mol. The molecule has 2 amide bonds. The van der Waals surface area contributed by atoms with E-state index in [1.165, 1.54) is 44.1 Å². The minimum Gasteiger partial charge on any atom is -0.350 e. The molecule has 33 heavy (non-hydrogen) atoms.